The van der Waals surface area contributed by atoms with E-state index in [0.717, 1.165) is 9.47 Å². The molecule has 0 unspecified atom stereocenters. The van der Waals surface area contributed by atoms with Gasteiger partial charge >= 0.3 is 0 Å². The fourth-order valence-electron chi connectivity index (χ4n) is 2.27. The maximum Gasteiger partial charge on any atom is 0.221 e. The number of benzene rings is 2. The Morgan fingerprint density at radius 2 is 1.78 bits per heavy atom. The molecule has 6 nitrogen and oxygen atoms in total. The van der Waals surface area contributed by atoms with Crippen LogP contribution in [-0.4, -0.2) is 27.6 Å². The number of thioether (sulfide) groups is 1. The van der Waals surface area contributed by atoms with Crippen molar-refractivity contribution < 1.29 is 9.59 Å². The van der Waals surface area contributed by atoms with Crippen LogP contribution in [0.1, 0.15) is 22.8 Å². The lowest BCUT2D eigenvalue weighted by Crippen LogP contribution is -2.06. The van der Waals surface area contributed by atoms with Gasteiger partial charge in [-0.15, -0.1) is 10.2 Å². The van der Waals surface area contributed by atoms with Crippen LogP contribution in [0.25, 0.3) is 0 Å². The predicted octanol–water partition coefficient (Wildman–Crippen LogP) is 4.08. The number of carbonyl (C=O) groups excluding carboxylic acids is 2. The van der Waals surface area contributed by atoms with E-state index in [4.69, 9.17) is 0 Å². The molecule has 0 saturated heterocycles. The van der Waals surface area contributed by atoms with E-state index in [-0.39, 0.29) is 17.4 Å². The van der Waals surface area contributed by atoms with E-state index >= 15 is 0 Å². The van der Waals surface area contributed by atoms with Gasteiger partial charge < -0.3 is 10.6 Å². The second kappa shape index (κ2) is 9.29. The zero-order chi connectivity index (χ0) is 19.1. The van der Waals surface area contributed by atoms with Crippen molar-refractivity contribution >= 4 is 45.6 Å². The Morgan fingerprint density at radius 3 is 2.48 bits per heavy atom. The van der Waals surface area contributed by atoms with E-state index < -0.39 is 0 Å². The van der Waals surface area contributed by atoms with Crippen LogP contribution < -0.4 is 10.6 Å². The Morgan fingerprint density at radius 1 is 1.04 bits per heavy atom. The van der Waals surface area contributed by atoms with E-state index in [9.17, 15) is 9.59 Å². The second-order valence-corrected chi connectivity index (χ2v) is 7.88. The lowest BCUT2D eigenvalue weighted by Gasteiger charge is -2.03. The first-order chi connectivity index (χ1) is 13.1. The summed E-state index contributed by atoms with van der Waals surface area (Å²) in [5, 5.41) is 14.9. The van der Waals surface area contributed by atoms with Crippen LogP contribution in [-0.2, 0) is 11.3 Å². The number of rotatable bonds is 8. The van der Waals surface area contributed by atoms with Gasteiger partial charge in [-0.1, -0.05) is 53.4 Å². The van der Waals surface area contributed by atoms with Crippen molar-refractivity contribution in [2.45, 2.75) is 17.8 Å². The molecule has 8 heteroatoms. The number of ketones is 1. The summed E-state index contributed by atoms with van der Waals surface area (Å²) in [7, 11) is 0. The molecule has 0 aliphatic carbocycles. The van der Waals surface area contributed by atoms with Gasteiger partial charge in [0.1, 0.15) is 0 Å². The number of nitrogens with one attached hydrogen (secondary N) is 2. The Balaban J connectivity index is 1.49. The summed E-state index contributed by atoms with van der Waals surface area (Å²) >= 11 is 2.79. The van der Waals surface area contributed by atoms with Crippen molar-refractivity contribution in [1.29, 1.82) is 0 Å². The number of aromatic nitrogens is 2. The fraction of sp³-hybridized carbons (Fsp3) is 0.158. The van der Waals surface area contributed by atoms with Crippen LogP contribution in [0.4, 0.5) is 10.8 Å². The Hall–Kier alpha value is -2.71. The van der Waals surface area contributed by atoms with E-state index in [1.54, 1.807) is 24.3 Å². The molecule has 0 aliphatic rings. The first kappa shape index (κ1) is 19.1. The van der Waals surface area contributed by atoms with Gasteiger partial charge in [-0.05, 0) is 29.8 Å². The quantitative estimate of drug-likeness (QED) is 0.439. The molecule has 2 N–H and O–H groups in total. The monoisotopic (exact) mass is 398 g/mol. The number of hydrogen-bond acceptors (Lipinski definition) is 7. The second-order valence-electron chi connectivity index (χ2n) is 5.68. The van der Waals surface area contributed by atoms with Crippen LogP contribution >= 0.6 is 23.1 Å². The number of Topliss-reactive ketones (excluding diaryl/α,β-unsaturated/α-hetero) is 1. The normalized spacial score (nSPS) is 10.4. The molecule has 0 atom stereocenters. The lowest BCUT2D eigenvalue weighted by atomic mass is 10.1. The van der Waals surface area contributed by atoms with Gasteiger partial charge in [0.2, 0.25) is 11.0 Å². The Labute approximate surface area is 165 Å². The van der Waals surface area contributed by atoms with Crippen molar-refractivity contribution in [2.24, 2.45) is 0 Å². The minimum atomic E-state index is -0.141. The molecule has 138 valence electrons. The van der Waals surface area contributed by atoms with Crippen LogP contribution in [0.2, 0.25) is 0 Å². The molecular weight excluding hydrogens is 380 g/mol. The summed E-state index contributed by atoms with van der Waals surface area (Å²) in [6.07, 6.45) is 0. The maximum absolute atomic E-state index is 12.3. The standard InChI is InChI=1S/C19H18N4O2S2/c1-13(24)21-16-9-7-15(8-10-16)17(25)12-26-19-23-22-18(27-19)20-11-14-5-3-2-4-6-14/h2-10H,11-12H2,1H3,(H,20,22)(H,21,24). The van der Waals surface area contributed by atoms with Gasteiger partial charge in [-0.2, -0.15) is 0 Å². The van der Waals surface area contributed by atoms with E-state index in [1.807, 2.05) is 30.3 Å². The summed E-state index contributed by atoms with van der Waals surface area (Å²) in [6.45, 7) is 2.13. The minimum Gasteiger partial charge on any atom is -0.356 e. The summed E-state index contributed by atoms with van der Waals surface area (Å²) in [5.41, 5.74) is 2.44. The van der Waals surface area contributed by atoms with Gasteiger partial charge in [0, 0.05) is 24.7 Å². The summed E-state index contributed by atoms with van der Waals surface area (Å²) in [6, 6.07) is 16.9. The van der Waals surface area contributed by atoms with Crippen molar-refractivity contribution in [3.63, 3.8) is 0 Å². The third-order valence-electron chi connectivity index (χ3n) is 3.55. The third kappa shape index (κ3) is 5.90. The summed E-state index contributed by atoms with van der Waals surface area (Å²) < 4.78 is 0.744. The molecule has 3 aromatic rings. The fourth-order valence-corrected chi connectivity index (χ4v) is 3.91. The lowest BCUT2D eigenvalue weighted by molar-refractivity contribution is -0.114. The molecular formula is C19H18N4O2S2. The molecule has 3 rings (SSSR count). The molecule has 0 spiro atoms. The number of anilines is 2. The first-order valence-electron chi connectivity index (χ1n) is 8.25. The van der Waals surface area contributed by atoms with Crippen molar-refractivity contribution in [3.05, 3.63) is 65.7 Å². The molecule has 0 radical (unpaired) electrons. The number of amides is 1. The predicted molar refractivity (Wildman–Crippen MR) is 109 cm³/mol. The average Bonchev–Trinajstić information content (AvgIpc) is 3.13. The zero-order valence-corrected chi connectivity index (χ0v) is 16.3. The minimum absolute atomic E-state index is 0.00312. The van der Waals surface area contributed by atoms with Gasteiger partial charge in [-0.25, -0.2) is 0 Å². The molecule has 1 amide bonds. The highest BCUT2D eigenvalue weighted by Gasteiger charge is 2.10. The van der Waals surface area contributed by atoms with Crippen LogP contribution in [0.3, 0.4) is 0 Å². The number of hydrogen-bond donors (Lipinski definition) is 2. The zero-order valence-electron chi connectivity index (χ0n) is 14.6. The highest BCUT2D eigenvalue weighted by atomic mass is 32.2. The highest BCUT2D eigenvalue weighted by molar-refractivity contribution is 8.01. The van der Waals surface area contributed by atoms with E-state index in [2.05, 4.69) is 20.8 Å². The van der Waals surface area contributed by atoms with Gasteiger partial charge in [-0.3, -0.25) is 9.59 Å². The number of carbonyl (C=O) groups is 2. The van der Waals surface area contributed by atoms with Crippen LogP contribution in [0.15, 0.2) is 58.9 Å². The molecule has 0 fully saturated rings. The molecule has 1 aromatic heterocycles. The summed E-state index contributed by atoms with van der Waals surface area (Å²) in [5.74, 6) is 0.147. The van der Waals surface area contributed by atoms with Crippen molar-refractivity contribution in [2.75, 3.05) is 16.4 Å². The molecule has 27 heavy (non-hydrogen) atoms. The highest BCUT2D eigenvalue weighted by Crippen LogP contribution is 2.26. The molecule has 0 saturated carbocycles. The molecule has 2 aromatic carbocycles. The van der Waals surface area contributed by atoms with Gasteiger partial charge in [0.25, 0.3) is 0 Å². The first-order valence-corrected chi connectivity index (χ1v) is 10.1. The SMILES string of the molecule is CC(=O)Nc1ccc(C(=O)CSc2nnc(NCc3ccccc3)s2)cc1. The van der Waals surface area contributed by atoms with Gasteiger partial charge in [0.15, 0.2) is 10.1 Å². The number of nitrogens with zero attached hydrogens (tertiary/aromatic N) is 2. The third-order valence-corrected chi connectivity index (χ3v) is 5.56. The van der Waals surface area contributed by atoms with Crippen molar-refractivity contribution in [1.82, 2.24) is 10.2 Å². The Kier molecular flexibility index (Phi) is 6.56. The van der Waals surface area contributed by atoms with Crippen LogP contribution in [0, 0.1) is 0 Å². The Bertz CT molecular complexity index is 911. The van der Waals surface area contributed by atoms with E-state index in [0.29, 0.717) is 17.8 Å². The van der Waals surface area contributed by atoms with E-state index in [1.165, 1.54) is 35.6 Å². The molecule has 0 bridgehead atoms. The largest absolute Gasteiger partial charge is 0.356 e. The summed E-state index contributed by atoms with van der Waals surface area (Å²) in [4.78, 5) is 23.3. The van der Waals surface area contributed by atoms with Crippen LogP contribution in [0.5, 0.6) is 0 Å². The smallest absolute Gasteiger partial charge is 0.221 e. The topological polar surface area (TPSA) is 84.0 Å². The molecule has 1 heterocycles. The molecule has 0 aliphatic heterocycles. The van der Waals surface area contributed by atoms with Gasteiger partial charge in [0.05, 0.1) is 5.75 Å². The maximum atomic E-state index is 12.3. The van der Waals surface area contributed by atoms with Crippen molar-refractivity contribution in [3.8, 4) is 0 Å². The average molecular weight is 399 g/mol.